The first-order valence-corrected chi connectivity index (χ1v) is 7.93. The van der Waals surface area contributed by atoms with Crippen LogP contribution in [0.25, 0.3) is 0 Å². The van der Waals surface area contributed by atoms with E-state index in [1.165, 1.54) is 25.7 Å². The quantitative estimate of drug-likeness (QED) is 0.677. The molecule has 0 aliphatic heterocycles. The molecule has 3 rings (SSSR count). The number of hydrogen-bond acceptors (Lipinski definition) is 3. The largest absolute Gasteiger partial charge is 0.380 e. The van der Waals surface area contributed by atoms with Crippen LogP contribution in [0, 0.1) is 17.3 Å². The Hall–Kier alpha value is -0.410. The third-order valence-corrected chi connectivity index (χ3v) is 4.79. The van der Waals surface area contributed by atoms with Crippen LogP contribution >= 0.6 is 0 Å². The monoisotopic (exact) mass is 266 g/mol. The summed E-state index contributed by atoms with van der Waals surface area (Å²) >= 11 is 0. The molecule has 3 heteroatoms. The molecule has 3 fully saturated rings. The molecule has 0 heterocycles. The van der Waals surface area contributed by atoms with E-state index < -0.39 is 0 Å². The van der Waals surface area contributed by atoms with E-state index in [1.54, 1.807) is 0 Å². The second kappa shape index (κ2) is 5.92. The highest BCUT2D eigenvalue weighted by atomic mass is 16.5. The maximum Gasteiger partial charge on any atom is 0.132 e. The van der Waals surface area contributed by atoms with Gasteiger partial charge in [0.1, 0.15) is 5.78 Å². The fourth-order valence-electron chi connectivity index (χ4n) is 2.84. The molecule has 0 aromatic heterocycles. The van der Waals surface area contributed by atoms with Crippen molar-refractivity contribution in [3.8, 4) is 0 Å². The van der Waals surface area contributed by atoms with Crippen molar-refractivity contribution in [3.05, 3.63) is 0 Å². The van der Waals surface area contributed by atoms with Crippen LogP contribution in [-0.2, 0) is 14.3 Å². The molecule has 0 N–H and O–H groups in total. The number of ether oxygens (including phenoxy) is 2. The first-order chi connectivity index (χ1) is 9.26. The summed E-state index contributed by atoms with van der Waals surface area (Å²) in [6.07, 6.45) is 8.71. The number of rotatable bonds is 8. The number of Topliss-reactive ketones (excluding diaryl/α,β-unsaturated/α-hetero) is 1. The van der Waals surface area contributed by atoms with E-state index >= 15 is 0 Å². The topological polar surface area (TPSA) is 35.5 Å². The molecule has 0 amide bonds. The highest BCUT2D eigenvalue weighted by Gasteiger charge is 2.36. The predicted octanol–water partition coefficient (Wildman–Crippen LogP) is 2.97. The third-order valence-electron chi connectivity index (χ3n) is 4.79. The summed E-state index contributed by atoms with van der Waals surface area (Å²) in [5.41, 5.74) is 0.123. The minimum absolute atomic E-state index is 0.123. The zero-order chi connectivity index (χ0) is 13.1. The van der Waals surface area contributed by atoms with Crippen LogP contribution < -0.4 is 0 Å². The van der Waals surface area contributed by atoms with Gasteiger partial charge in [-0.2, -0.15) is 0 Å². The second-order valence-electron chi connectivity index (χ2n) is 6.96. The molecule has 0 unspecified atom stereocenters. The van der Waals surface area contributed by atoms with E-state index in [0.717, 1.165) is 63.9 Å². The Morgan fingerprint density at radius 3 is 1.79 bits per heavy atom. The molecule has 0 atom stereocenters. The summed E-state index contributed by atoms with van der Waals surface area (Å²) in [6.45, 7) is 3.42. The van der Waals surface area contributed by atoms with Crippen molar-refractivity contribution in [2.75, 3.05) is 26.4 Å². The van der Waals surface area contributed by atoms with E-state index in [2.05, 4.69) is 0 Å². The zero-order valence-electron chi connectivity index (χ0n) is 11.9. The van der Waals surface area contributed by atoms with Gasteiger partial charge in [0.15, 0.2) is 0 Å². The molecule has 0 aromatic carbocycles. The molecule has 3 nitrogen and oxygen atoms in total. The minimum atomic E-state index is 0.123. The van der Waals surface area contributed by atoms with Crippen LogP contribution in [0.1, 0.15) is 51.4 Å². The first-order valence-electron chi connectivity index (χ1n) is 7.93. The second-order valence-corrected chi connectivity index (χ2v) is 6.96. The van der Waals surface area contributed by atoms with Gasteiger partial charge in [-0.05, 0) is 50.4 Å². The van der Waals surface area contributed by atoms with E-state index in [-0.39, 0.29) is 5.41 Å². The summed E-state index contributed by atoms with van der Waals surface area (Å²) in [4.78, 5) is 11.5. The van der Waals surface area contributed by atoms with Crippen LogP contribution in [0.15, 0.2) is 0 Å². The van der Waals surface area contributed by atoms with Gasteiger partial charge in [-0.15, -0.1) is 0 Å². The molecule has 3 saturated carbocycles. The summed E-state index contributed by atoms with van der Waals surface area (Å²) in [7, 11) is 0. The summed E-state index contributed by atoms with van der Waals surface area (Å²) in [5.74, 6) is 2.05. The molecule has 0 saturated heterocycles. The van der Waals surface area contributed by atoms with Gasteiger partial charge in [0.25, 0.3) is 0 Å². The molecule has 0 radical (unpaired) electrons. The molecule has 19 heavy (non-hydrogen) atoms. The molecule has 3 aliphatic carbocycles. The summed E-state index contributed by atoms with van der Waals surface area (Å²) < 4.78 is 11.8. The highest BCUT2D eigenvalue weighted by molar-refractivity contribution is 5.79. The molecule has 0 aromatic rings. The normalized spacial score (nSPS) is 26.6. The SMILES string of the molecule is O=C1CCC(COCC2CC2)(COCC2CC2)CC1. The van der Waals surface area contributed by atoms with Crippen molar-refractivity contribution in [3.63, 3.8) is 0 Å². The van der Waals surface area contributed by atoms with E-state index in [4.69, 9.17) is 9.47 Å². The summed E-state index contributed by atoms with van der Waals surface area (Å²) in [6, 6.07) is 0. The van der Waals surface area contributed by atoms with Crippen molar-refractivity contribution in [1.29, 1.82) is 0 Å². The molecule has 3 aliphatic rings. The van der Waals surface area contributed by atoms with E-state index in [9.17, 15) is 4.79 Å². The third kappa shape index (κ3) is 4.28. The molecule has 108 valence electrons. The highest BCUT2D eigenvalue weighted by Crippen LogP contribution is 2.38. The summed E-state index contributed by atoms with van der Waals surface area (Å²) in [5, 5.41) is 0. The lowest BCUT2D eigenvalue weighted by molar-refractivity contribution is -0.125. The Bertz CT molecular complexity index is 288. The van der Waals surface area contributed by atoms with Gasteiger partial charge >= 0.3 is 0 Å². The van der Waals surface area contributed by atoms with Crippen LogP contribution in [0.3, 0.4) is 0 Å². The Morgan fingerprint density at radius 2 is 1.37 bits per heavy atom. The lowest BCUT2D eigenvalue weighted by Crippen LogP contribution is -2.37. The number of ketones is 1. The predicted molar refractivity (Wildman–Crippen MR) is 73.0 cm³/mol. The number of hydrogen-bond donors (Lipinski definition) is 0. The number of carbonyl (C=O) groups excluding carboxylic acids is 1. The maximum atomic E-state index is 11.5. The lowest BCUT2D eigenvalue weighted by Gasteiger charge is -2.36. The van der Waals surface area contributed by atoms with Crippen LogP contribution in [0.5, 0.6) is 0 Å². The standard InChI is InChI=1S/C16H26O3/c17-15-5-7-16(8-6-15,11-18-9-13-1-2-13)12-19-10-14-3-4-14/h13-14H,1-12H2. The first kappa shape index (κ1) is 13.6. The average molecular weight is 266 g/mol. The van der Waals surface area contributed by atoms with Crippen molar-refractivity contribution in [2.24, 2.45) is 17.3 Å². The Morgan fingerprint density at radius 1 is 0.895 bits per heavy atom. The van der Waals surface area contributed by atoms with Crippen molar-refractivity contribution < 1.29 is 14.3 Å². The molecule has 0 spiro atoms. The lowest BCUT2D eigenvalue weighted by atomic mass is 9.75. The van der Waals surface area contributed by atoms with E-state index in [1.807, 2.05) is 0 Å². The van der Waals surface area contributed by atoms with Crippen molar-refractivity contribution in [2.45, 2.75) is 51.4 Å². The van der Waals surface area contributed by atoms with Crippen LogP contribution in [0.2, 0.25) is 0 Å². The van der Waals surface area contributed by atoms with Gasteiger partial charge in [0, 0.05) is 31.5 Å². The zero-order valence-corrected chi connectivity index (χ0v) is 11.9. The van der Waals surface area contributed by atoms with E-state index in [0.29, 0.717) is 5.78 Å². The Balaban J connectivity index is 1.45. The van der Waals surface area contributed by atoms with Gasteiger partial charge in [0.2, 0.25) is 0 Å². The van der Waals surface area contributed by atoms with Gasteiger partial charge in [-0.3, -0.25) is 4.79 Å². The maximum absolute atomic E-state index is 11.5. The van der Waals surface area contributed by atoms with Crippen molar-refractivity contribution >= 4 is 5.78 Å². The van der Waals surface area contributed by atoms with Crippen LogP contribution in [0.4, 0.5) is 0 Å². The smallest absolute Gasteiger partial charge is 0.132 e. The fourth-order valence-corrected chi connectivity index (χ4v) is 2.84. The van der Waals surface area contributed by atoms with Gasteiger partial charge < -0.3 is 9.47 Å². The van der Waals surface area contributed by atoms with Gasteiger partial charge in [0.05, 0.1) is 13.2 Å². The van der Waals surface area contributed by atoms with Crippen LogP contribution in [-0.4, -0.2) is 32.2 Å². The average Bonchev–Trinajstić information content (AvgIpc) is 3.26. The minimum Gasteiger partial charge on any atom is -0.380 e. The fraction of sp³-hybridized carbons (Fsp3) is 0.938. The molecular weight excluding hydrogens is 240 g/mol. The Kier molecular flexibility index (Phi) is 4.23. The molecule has 0 bridgehead atoms. The van der Waals surface area contributed by atoms with Crippen molar-refractivity contribution in [1.82, 2.24) is 0 Å². The van der Waals surface area contributed by atoms with Gasteiger partial charge in [-0.25, -0.2) is 0 Å². The Labute approximate surface area is 116 Å². The van der Waals surface area contributed by atoms with Gasteiger partial charge in [-0.1, -0.05) is 0 Å². The molecular formula is C16H26O3. The number of carbonyl (C=O) groups is 1.